The second-order valence-electron chi connectivity index (χ2n) is 7.54. The molecule has 0 aliphatic carbocycles. The minimum Gasteiger partial charge on any atom is -0.493 e. The number of nitrogens with zero attached hydrogens (tertiary/aromatic N) is 2. The molecule has 0 radical (unpaired) electrons. The lowest BCUT2D eigenvalue weighted by molar-refractivity contribution is -0.137. The zero-order valence-electron chi connectivity index (χ0n) is 18.9. The maximum absolute atomic E-state index is 13.1. The van der Waals surface area contributed by atoms with Crippen molar-refractivity contribution in [1.29, 1.82) is 0 Å². The van der Waals surface area contributed by atoms with Gasteiger partial charge in [0.1, 0.15) is 6.04 Å². The molecule has 0 amide bonds. The molecule has 3 rings (SSSR count). The van der Waals surface area contributed by atoms with Crippen LogP contribution < -0.4 is 14.2 Å². The van der Waals surface area contributed by atoms with E-state index in [1.54, 1.807) is 25.1 Å². The van der Waals surface area contributed by atoms with Gasteiger partial charge < -0.3 is 14.0 Å². The van der Waals surface area contributed by atoms with E-state index in [1.807, 2.05) is 6.92 Å². The third kappa shape index (κ3) is 5.50. The number of methoxy groups -OCH3 is 2. The summed E-state index contributed by atoms with van der Waals surface area (Å²) in [6, 6.07) is 7.53. The lowest BCUT2D eigenvalue weighted by Gasteiger charge is -2.21. The lowest BCUT2D eigenvalue weighted by Crippen LogP contribution is -2.33. The summed E-state index contributed by atoms with van der Waals surface area (Å²) in [7, 11) is -1.36. The molecule has 34 heavy (non-hydrogen) atoms. The molecule has 2 aromatic carbocycles. The number of hydrogen-bond donors (Lipinski definition) is 1. The van der Waals surface area contributed by atoms with Gasteiger partial charge in [-0.25, -0.2) is 8.42 Å². The number of aromatic nitrogens is 2. The van der Waals surface area contributed by atoms with Crippen molar-refractivity contribution >= 4 is 10.0 Å². The number of ether oxygens (including phenoxy) is 2. The summed E-state index contributed by atoms with van der Waals surface area (Å²) in [6.07, 6.45) is -4.15. The summed E-state index contributed by atoms with van der Waals surface area (Å²) >= 11 is 0. The third-order valence-electron chi connectivity index (χ3n) is 5.32. The number of sulfonamides is 1. The second kappa shape index (κ2) is 10.0. The van der Waals surface area contributed by atoms with Crippen LogP contribution in [0.3, 0.4) is 0 Å². The average molecular weight is 500 g/mol. The Labute approximate surface area is 195 Å². The van der Waals surface area contributed by atoms with Gasteiger partial charge in [0.25, 0.3) is 0 Å². The van der Waals surface area contributed by atoms with Crippen molar-refractivity contribution in [2.75, 3.05) is 14.2 Å². The van der Waals surface area contributed by atoms with Crippen molar-refractivity contribution in [2.45, 2.75) is 37.4 Å². The molecular formula is C22H24F3N3O5S. The van der Waals surface area contributed by atoms with Crippen LogP contribution >= 0.6 is 0 Å². The topological polar surface area (TPSA) is 104 Å². The molecule has 0 unspecified atom stereocenters. The predicted molar refractivity (Wildman–Crippen MR) is 117 cm³/mol. The second-order valence-corrected chi connectivity index (χ2v) is 9.25. The summed E-state index contributed by atoms with van der Waals surface area (Å²) in [4.78, 5) is 3.82. The first-order chi connectivity index (χ1) is 16.0. The Morgan fingerprint density at radius 3 is 2.41 bits per heavy atom. The fourth-order valence-corrected chi connectivity index (χ4v) is 4.52. The molecule has 1 N–H and O–H groups in total. The molecule has 0 fully saturated rings. The molecule has 8 nitrogen and oxygen atoms in total. The molecule has 3 aromatic rings. The minimum atomic E-state index is -4.68. The zero-order valence-corrected chi connectivity index (χ0v) is 19.7. The number of rotatable bonds is 9. The van der Waals surface area contributed by atoms with Crippen molar-refractivity contribution in [2.24, 2.45) is 5.92 Å². The van der Waals surface area contributed by atoms with Gasteiger partial charge in [0.15, 0.2) is 11.5 Å². The molecule has 184 valence electrons. The highest BCUT2D eigenvalue weighted by molar-refractivity contribution is 7.89. The van der Waals surface area contributed by atoms with Crippen molar-refractivity contribution < 1.29 is 35.6 Å². The first-order valence-corrected chi connectivity index (χ1v) is 11.7. The highest BCUT2D eigenvalue weighted by Crippen LogP contribution is 2.34. The van der Waals surface area contributed by atoms with Gasteiger partial charge in [-0.2, -0.15) is 22.9 Å². The number of benzene rings is 2. The third-order valence-corrected chi connectivity index (χ3v) is 6.76. The normalized spacial score (nSPS) is 14.0. The van der Waals surface area contributed by atoms with Crippen LogP contribution in [0.25, 0.3) is 11.4 Å². The highest BCUT2D eigenvalue weighted by Gasteiger charge is 2.34. The Hall–Kier alpha value is -3.12. The van der Waals surface area contributed by atoms with Crippen molar-refractivity contribution in [3.63, 3.8) is 0 Å². The van der Waals surface area contributed by atoms with Crippen molar-refractivity contribution in [3.8, 4) is 22.9 Å². The van der Waals surface area contributed by atoms with Gasteiger partial charge in [0.2, 0.25) is 21.7 Å². The Morgan fingerprint density at radius 1 is 1.09 bits per heavy atom. The van der Waals surface area contributed by atoms with Crippen molar-refractivity contribution in [1.82, 2.24) is 14.9 Å². The van der Waals surface area contributed by atoms with E-state index in [2.05, 4.69) is 14.9 Å². The zero-order chi connectivity index (χ0) is 25.1. The largest absolute Gasteiger partial charge is 0.493 e. The van der Waals surface area contributed by atoms with E-state index in [4.69, 9.17) is 14.0 Å². The molecule has 0 spiro atoms. The van der Waals surface area contributed by atoms with Gasteiger partial charge >= 0.3 is 6.18 Å². The Bertz CT molecular complexity index is 1240. The fraction of sp³-hybridized carbons (Fsp3) is 0.364. The molecule has 0 aliphatic heterocycles. The van der Waals surface area contributed by atoms with E-state index in [1.165, 1.54) is 14.2 Å². The summed E-state index contributed by atoms with van der Waals surface area (Å²) in [5.41, 5.74) is -0.528. The van der Waals surface area contributed by atoms with Crippen LogP contribution in [-0.4, -0.2) is 32.8 Å². The fourth-order valence-electron chi connectivity index (χ4n) is 3.17. The van der Waals surface area contributed by atoms with Gasteiger partial charge in [0, 0.05) is 5.56 Å². The van der Waals surface area contributed by atoms with E-state index in [-0.39, 0.29) is 17.6 Å². The molecule has 1 aromatic heterocycles. The first kappa shape index (κ1) is 25.5. The Kier molecular flexibility index (Phi) is 7.51. The monoisotopic (exact) mass is 499 g/mol. The van der Waals surface area contributed by atoms with E-state index in [9.17, 15) is 21.6 Å². The van der Waals surface area contributed by atoms with Crippen LogP contribution in [-0.2, 0) is 16.2 Å². The number of alkyl halides is 3. The van der Waals surface area contributed by atoms with E-state index >= 15 is 0 Å². The van der Waals surface area contributed by atoms with E-state index < -0.39 is 32.7 Å². The Morgan fingerprint density at radius 2 is 1.79 bits per heavy atom. The SMILES string of the molecule is CC[C@H](C)[C@H](NS(=O)(=O)c1cccc(C(F)(F)F)c1)c1nc(-c2ccc(OC)c(OC)c2)no1. The Balaban J connectivity index is 1.94. The average Bonchev–Trinajstić information content (AvgIpc) is 3.31. The predicted octanol–water partition coefficient (Wildman–Crippen LogP) is 4.84. The molecule has 0 aliphatic rings. The van der Waals surface area contributed by atoms with Crippen LogP contribution in [0.2, 0.25) is 0 Å². The van der Waals surface area contributed by atoms with Crippen LogP contribution in [0, 0.1) is 5.92 Å². The minimum absolute atomic E-state index is 0.0188. The van der Waals surface area contributed by atoms with Gasteiger partial charge in [-0.1, -0.05) is 31.5 Å². The standard InChI is InChI=1S/C22H24F3N3O5S/c1-5-13(2)19(28-34(29,30)16-8-6-7-15(12-16)22(23,24)25)21-26-20(27-33-21)14-9-10-17(31-3)18(11-14)32-4/h6-13,19,28H,5H2,1-4H3/t13-,19-/m0/s1. The summed E-state index contributed by atoms with van der Waals surface area (Å²) in [6.45, 7) is 3.60. The maximum Gasteiger partial charge on any atom is 0.416 e. The summed E-state index contributed by atoms with van der Waals surface area (Å²) < 4.78 is 83.4. The smallest absolute Gasteiger partial charge is 0.416 e. The molecule has 1 heterocycles. The van der Waals surface area contributed by atoms with Crippen LogP contribution in [0.4, 0.5) is 13.2 Å². The molecule has 0 saturated heterocycles. The summed E-state index contributed by atoms with van der Waals surface area (Å²) in [5, 5.41) is 3.94. The van der Waals surface area contributed by atoms with Crippen LogP contribution in [0.5, 0.6) is 11.5 Å². The first-order valence-electron chi connectivity index (χ1n) is 10.3. The molecule has 0 saturated carbocycles. The molecule has 12 heteroatoms. The highest BCUT2D eigenvalue weighted by atomic mass is 32.2. The van der Waals surface area contributed by atoms with Crippen LogP contribution in [0.1, 0.15) is 37.8 Å². The van der Waals surface area contributed by atoms with E-state index in [0.717, 1.165) is 18.2 Å². The van der Waals surface area contributed by atoms with Gasteiger partial charge in [0.05, 0.1) is 24.7 Å². The molecule has 2 atom stereocenters. The number of hydrogen-bond acceptors (Lipinski definition) is 7. The quantitative estimate of drug-likeness (QED) is 0.449. The number of halogens is 3. The van der Waals surface area contributed by atoms with Crippen LogP contribution in [0.15, 0.2) is 51.9 Å². The number of nitrogens with one attached hydrogen (secondary N) is 1. The molecular weight excluding hydrogens is 475 g/mol. The van der Waals surface area contributed by atoms with E-state index in [0.29, 0.717) is 29.5 Å². The van der Waals surface area contributed by atoms with Gasteiger partial charge in [-0.3, -0.25) is 0 Å². The molecule has 0 bridgehead atoms. The van der Waals surface area contributed by atoms with Gasteiger partial charge in [-0.05, 0) is 42.3 Å². The van der Waals surface area contributed by atoms with Gasteiger partial charge in [-0.15, -0.1) is 0 Å². The lowest BCUT2D eigenvalue weighted by atomic mass is 10.0. The van der Waals surface area contributed by atoms with Crippen molar-refractivity contribution in [3.05, 3.63) is 53.9 Å². The summed E-state index contributed by atoms with van der Waals surface area (Å²) in [5.74, 6) is 0.799. The maximum atomic E-state index is 13.1.